The van der Waals surface area contributed by atoms with E-state index in [4.69, 9.17) is 8.83 Å². The van der Waals surface area contributed by atoms with Crippen molar-refractivity contribution >= 4 is 44.6 Å². The summed E-state index contributed by atoms with van der Waals surface area (Å²) in [6.45, 7) is 0. The van der Waals surface area contributed by atoms with E-state index in [0.29, 0.717) is 22.3 Å². The summed E-state index contributed by atoms with van der Waals surface area (Å²) in [7, 11) is 0. The summed E-state index contributed by atoms with van der Waals surface area (Å²) in [5, 5.41) is 24.0. The molecule has 34 heavy (non-hydrogen) atoms. The second-order valence-corrected chi connectivity index (χ2v) is 9.19. The lowest BCUT2D eigenvalue weighted by Crippen LogP contribution is -2.01. The number of phenolic OH excluding ortho intramolecular Hbond substituents is 2. The van der Waals surface area contributed by atoms with Gasteiger partial charge >= 0.3 is 11.3 Å². The maximum absolute atomic E-state index is 11.8. The Labute approximate surface area is 200 Å². The lowest BCUT2D eigenvalue weighted by Gasteiger charge is -2.00. The van der Waals surface area contributed by atoms with Gasteiger partial charge in [-0.1, -0.05) is 12.1 Å². The highest BCUT2D eigenvalue weighted by Crippen LogP contribution is 2.27. The van der Waals surface area contributed by atoms with Crippen LogP contribution in [0.15, 0.2) is 102 Å². The minimum absolute atomic E-state index is 0.0875. The molecule has 0 aliphatic heterocycles. The highest BCUT2D eigenvalue weighted by atomic mass is 32.1. The van der Waals surface area contributed by atoms with Gasteiger partial charge in [-0.2, -0.15) is 0 Å². The van der Waals surface area contributed by atoms with Crippen LogP contribution in [0.5, 0.6) is 11.5 Å². The average molecular weight is 489 g/mol. The monoisotopic (exact) mass is 488 g/mol. The van der Waals surface area contributed by atoms with Crippen LogP contribution in [-0.4, -0.2) is 10.2 Å². The number of thiophene rings is 2. The maximum Gasteiger partial charge on any atom is 0.345 e. The van der Waals surface area contributed by atoms with Gasteiger partial charge in [-0.3, -0.25) is 0 Å². The Hall–Kier alpha value is -4.14. The summed E-state index contributed by atoms with van der Waals surface area (Å²) in [6, 6.07) is 20.6. The van der Waals surface area contributed by atoms with Gasteiger partial charge in [-0.15, -0.1) is 22.7 Å². The van der Waals surface area contributed by atoms with Crippen molar-refractivity contribution in [2.45, 2.75) is 0 Å². The van der Waals surface area contributed by atoms with Crippen molar-refractivity contribution in [3.05, 3.63) is 104 Å². The molecule has 6 rings (SSSR count). The number of aromatic hydroxyl groups is 2. The van der Waals surface area contributed by atoms with Gasteiger partial charge in [0, 0.05) is 32.7 Å². The van der Waals surface area contributed by atoms with Gasteiger partial charge in [0.15, 0.2) is 0 Å². The van der Waals surface area contributed by atoms with Gasteiger partial charge in [0.05, 0.1) is 11.1 Å². The Morgan fingerprint density at radius 1 is 0.588 bits per heavy atom. The van der Waals surface area contributed by atoms with E-state index in [1.807, 2.05) is 35.0 Å². The van der Waals surface area contributed by atoms with Crippen molar-refractivity contribution in [3.8, 4) is 32.4 Å². The molecule has 0 aliphatic carbocycles. The first-order valence-electron chi connectivity index (χ1n) is 10.1. The third kappa shape index (κ3) is 4.36. The zero-order chi connectivity index (χ0) is 23.7. The Balaban J connectivity index is 0.000000142. The molecule has 4 heterocycles. The molecule has 2 aromatic carbocycles. The largest absolute Gasteiger partial charge is 0.508 e. The second kappa shape index (κ2) is 9.01. The zero-order valence-corrected chi connectivity index (χ0v) is 19.1. The van der Waals surface area contributed by atoms with E-state index < -0.39 is 0 Å². The summed E-state index contributed by atoms with van der Waals surface area (Å²) in [5.74, 6) is 0.175. The molecule has 0 aliphatic rings. The van der Waals surface area contributed by atoms with Crippen molar-refractivity contribution in [1.82, 2.24) is 0 Å². The lowest BCUT2D eigenvalue weighted by molar-refractivity contribution is 0.472. The Morgan fingerprint density at radius 2 is 1.03 bits per heavy atom. The van der Waals surface area contributed by atoms with Crippen LogP contribution in [0.2, 0.25) is 0 Å². The molecule has 0 saturated carbocycles. The molecule has 0 fully saturated rings. The van der Waals surface area contributed by atoms with Gasteiger partial charge in [-0.25, -0.2) is 9.59 Å². The Kier molecular flexibility index (Phi) is 5.75. The normalized spacial score (nSPS) is 10.8. The van der Waals surface area contributed by atoms with E-state index in [1.54, 1.807) is 36.4 Å². The molecule has 0 amide bonds. The molecule has 8 heteroatoms. The molecular weight excluding hydrogens is 472 g/mol. The topological polar surface area (TPSA) is 101 Å². The van der Waals surface area contributed by atoms with Gasteiger partial charge in [0.25, 0.3) is 0 Å². The average Bonchev–Trinajstić information content (AvgIpc) is 3.53. The second-order valence-electron chi connectivity index (χ2n) is 7.29. The van der Waals surface area contributed by atoms with Crippen molar-refractivity contribution in [2.75, 3.05) is 0 Å². The Morgan fingerprint density at radius 3 is 1.41 bits per heavy atom. The number of rotatable bonds is 2. The van der Waals surface area contributed by atoms with Crippen molar-refractivity contribution < 1.29 is 19.0 Å². The molecule has 0 unspecified atom stereocenters. The van der Waals surface area contributed by atoms with Crippen LogP contribution < -0.4 is 11.3 Å². The van der Waals surface area contributed by atoms with Crippen LogP contribution in [0.25, 0.3) is 42.8 Å². The molecule has 0 spiro atoms. The lowest BCUT2D eigenvalue weighted by atomic mass is 10.1. The summed E-state index contributed by atoms with van der Waals surface area (Å²) < 4.78 is 10.4. The molecule has 0 atom stereocenters. The maximum atomic E-state index is 11.8. The summed E-state index contributed by atoms with van der Waals surface area (Å²) >= 11 is 2.99. The van der Waals surface area contributed by atoms with Crippen LogP contribution in [0.4, 0.5) is 0 Å². The number of hydrogen-bond donors (Lipinski definition) is 2. The van der Waals surface area contributed by atoms with Crippen LogP contribution in [0.3, 0.4) is 0 Å². The van der Waals surface area contributed by atoms with Crippen molar-refractivity contribution in [1.29, 1.82) is 0 Å². The fourth-order valence-corrected chi connectivity index (χ4v) is 4.87. The van der Waals surface area contributed by atoms with Crippen molar-refractivity contribution in [2.24, 2.45) is 0 Å². The van der Waals surface area contributed by atoms with Gasteiger partial charge in [0.2, 0.25) is 0 Å². The molecule has 2 N–H and O–H groups in total. The highest BCUT2D eigenvalue weighted by Gasteiger charge is 2.10. The van der Waals surface area contributed by atoms with Crippen LogP contribution in [0.1, 0.15) is 0 Å². The zero-order valence-electron chi connectivity index (χ0n) is 17.4. The third-order valence-electron chi connectivity index (χ3n) is 5.01. The van der Waals surface area contributed by atoms with Gasteiger partial charge < -0.3 is 19.0 Å². The van der Waals surface area contributed by atoms with Crippen molar-refractivity contribution in [3.63, 3.8) is 0 Å². The molecule has 0 bridgehead atoms. The minimum Gasteiger partial charge on any atom is -0.508 e. The van der Waals surface area contributed by atoms with Crippen LogP contribution in [0, 0.1) is 0 Å². The van der Waals surface area contributed by atoms with E-state index in [-0.39, 0.29) is 22.8 Å². The molecule has 0 saturated heterocycles. The van der Waals surface area contributed by atoms with E-state index in [0.717, 1.165) is 20.5 Å². The Bertz CT molecular complexity index is 1580. The first kappa shape index (κ1) is 21.7. The predicted octanol–water partition coefficient (Wildman–Crippen LogP) is 6.45. The summed E-state index contributed by atoms with van der Waals surface area (Å²) in [5.41, 5.74) is 1.14. The predicted molar refractivity (Wildman–Crippen MR) is 135 cm³/mol. The fraction of sp³-hybridized carbons (Fsp3) is 0. The summed E-state index contributed by atoms with van der Waals surface area (Å²) in [6.07, 6.45) is 0. The number of fused-ring (bicyclic) bond motifs is 2. The van der Waals surface area contributed by atoms with E-state index in [9.17, 15) is 19.8 Å². The minimum atomic E-state index is -0.384. The number of phenols is 2. The molecular formula is C26H16O6S2. The van der Waals surface area contributed by atoms with E-state index >= 15 is 0 Å². The van der Waals surface area contributed by atoms with Crippen LogP contribution in [-0.2, 0) is 0 Å². The smallest absolute Gasteiger partial charge is 0.345 e. The number of hydrogen-bond acceptors (Lipinski definition) is 8. The third-order valence-corrected chi connectivity index (χ3v) is 6.82. The molecule has 0 radical (unpaired) electrons. The SMILES string of the molecule is O=c1oc2cc(O)ccc2cc1-c1cccs1.O=c1oc2cc(O)ccc2cc1-c1cccs1. The fourth-order valence-electron chi connectivity index (χ4n) is 3.41. The van der Waals surface area contributed by atoms with E-state index in [1.165, 1.54) is 34.8 Å². The van der Waals surface area contributed by atoms with Crippen LogP contribution >= 0.6 is 22.7 Å². The molecule has 6 aromatic rings. The molecule has 6 nitrogen and oxygen atoms in total. The molecule has 4 aromatic heterocycles. The number of benzene rings is 2. The van der Waals surface area contributed by atoms with Gasteiger partial charge in [0.1, 0.15) is 22.7 Å². The van der Waals surface area contributed by atoms with Gasteiger partial charge in [-0.05, 0) is 59.3 Å². The summed E-state index contributed by atoms with van der Waals surface area (Å²) in [4.78, 5) is 25.4. The molecule has 168 valence electrons. The first-order chi connectivity index (χ1) is 16.5. The highest BCUT2D eigenvalue weighted by molar-refractivity contribution is 7.13. The van der Waals surface area contributed by atoms with E-state index in [2.05, 4.69) is 0 Å². The standard InChI is InChI=1S/2C13H8O3S/c2*14-9-4-3-8-6-10(12-2-1-5-17-12)13(15)16-11(8)7-9/h2*1-7,14H. The first-order valence-corrected chi connectivity index (χ1v) is 11.9. The quantitative estimate of drug-likeness (QED) is 0.272.